The van der Waals surface area contributed by atoms with E-state index < -0.39 is 0 Å². The quantitative estimate of drug-likeness (QED) is 0.898. The largest absolute Gasteiger partial charge is 0.362 e. The summed E-state index contributed by atoms with van der Waals surface area (Å²) < 4.78 is 0. The molecule has 1 aliphatic rings. The molecule has 1 saturated heterocycles. The van der Waals surface area contributed by atoms with Crippen molar-refractivity contribution in [1.29, 1.82) is 0 Å². The molecule has 1 atom stereocenters. The predicted molar refractivity (Wildman–Crippen MR) is 72.4 cm³/mol. The van der Waals surface area contributed by atoms with E-state index in [4.69, 9.17) is 0 Å². The predicted octanol–water partition coefficient (Wildman–Crippen LogP) is 2.55. The first kappa shape index (κ1) is 11.9. The van der Waals surface area contributed by atoms with Gasteiger partial charge in [-0.3, -0.25) is 4.99 Å². The zero-order valence-electron chi connectivity index (χ0n) is 9.48. The van der Waals surface area contributed by atoms with E-state index in [2.05, 4.69) is 27.6 Å². The van der Waals surface area contributed by atoms with Crippen molar-refractivity contribution in [2.45, 2.75) is 32.2 Å². The summed E-state index contributed by atoms with van der Waals surface area (Å²) in [5.74, 6) is 1.20. The van der Waals surface area contributed by atoms with Crippen molar-refractivity contribution in [3.05, 3.63) is 16.6 Å². The van der Waals surface area contributed by atoms with Crippen LogP contribution in [0, 0.1) is 0 Å². The van der Waals surface area contributed by atoms with E-state index in [1.807, 2.05) is 17.3 Å². The molecule has 1 N–H and O–H groups in total. The van der Waals surface area contributed by atoms with Gasteiger partial charge in [-0.05, 0) is 12.8 Å². The molecule has 0 saturated carbocycles. The second-order valence-corrected chi connectivity index (χ2v) is 5.61. The zero-order chi connectivity index (χ0) is 11.2. The highest BCUT2D eigenvalue weighted by Gasteiger charge is 2.14. The Bertz CT molecular complexity index is 335. The Labute approximate surface area is 105 Å². The fourth-order valence-electron chi connectivity index (χ4n) is 1.62. The van der Waals surface area contributed by atoms with E-state index in [1.165, 1.54) is 18.6 Å². The summed E-state index contributed by atoms with van der Waals surface area (Å²) in [7, 11) is 0. The van der Waals surface area contributed by atoms with Gasteiger partial charge in [-0.2, -0.15) is 0 Å². The van der Waals surface area contributed by atoms with Crippen molar-refractivity contribution in [3.8, 4) is 0 Å². The molecule has 88 valence electrons. The van der Waals surface area contributed by atoms with Gasteiger partial charge in [0.25, 0.3) is 0 Å². The van der Waals surface area contributed by atoms with Gasteiger partial charge in [0, 0.05) is 30.1 Å². The van der Waals surface area contributed by atoms with Gasteiger partial charge in [0.2, 0.25) is 0 Å². The molecule has 3 nitrogen and oxygen atoms in total. The maximum Gasteiger partial charge on any atom is 0.156 e. The van der Waals surface area contributed by atoms with Crippen molar-refractivity contribution in [3.63, 3.8) is 0 Å². The molecule has 0 aromatic carbocycles. The number of amidine groups is 1. The Morgan fingerprint density at radius 2 is 2.56 bits per heavy atom. The van der Waals surface area contributed by atoms with Crippen molar-refractivity contribution < 1.29 is 0 Å². The fraction of sp³-hybridized carbons (Fsp3) is 0.636. The SMILES string of the molecule is CCC1CCSC(=NCCc2cscn2)N1. The molecule has 16 heavy (non-hydrogen) atoms. The maximum absolute atomic E-state index is 4.59. The summed E-state index contributed by atoms with van der Waals surface area (Å²) in [6.45, 7) is 3.07. The van der Waals surface area contributed by atoms with E-state index in [0.717, 1.165) is 23.8 Å². The molecule has 0 bridgehead atoms. The van der Waals surface area contributed by atoms with Gasteiger partial charge in [-0.25, -0.2) is 4.98 Å². The standard InChI is InChI=1S/C11H17N3S2/c1-2-9-4-6-16-11(14-9)12-5-3-10-7-15-8-13-10/h7-9H,2-6H2,1H3,(H,12,14). The lowest BCUT2D eigenvalue weighted by Gasteiger charge is -2.24. The van der Waals surface area contributed by atoms with Gasteiger partial charge in [0.05, 0.1) is 11.2 Å². The molecule has 0 spiro atoms. The maximum atomic E-state index is 4.59. The van der Waals surface area contributed by atoms with E-state index in [1.54, 1.807) is 11.3 Å². The van der Waals surface area contributed by atoms with Crippen LogP contribution in [0.4, 0.5) is 0 Å². The van der Waals surface area contributed by atoms with Gasteiger partial charge >= 0.3 is 0 Å². The van der Waals surface area contributed by atoms with Crippen LogP contribution in [-0.2, 0) is 6.42 Å². The summed E-state index contributed by atoms with van der Waals surface area (Å²) >= 11 is 3.49. The lowest BCUT2D eigenvalue weighted by molar-refractivity contribution is 0.570. The van der Waals surface area contributed by atoms with Crippen LogP contribution in [0.15, 0.2) is 15.9 Å². The lowest BCUT2D eigenvalue weighted by atomic mass is 10.2. The summed E-state index contributed by atoms with van der Waals surface area (Å²) in [5, 5.41) is 6.69. The molecular formula is C11H17N3S2. The van der Waals surface area contributed by atoms with Gasteiger partial charge in [-0.1, -0.05) is 18.7 Å². The fourth-order valence-corrected chi connectivity index (χ4v) is 3.24. The molecular weight excluding hydrogens is 238 g/mol. The average Bonchev–Trinajstić information content (AvgIpc) is 2.82. The van der Waals surface area contributed by atoms with Crippen molar-refractivity contribution in [1.82, 2.24) is 10.3 Å². The number of nitrogens with one attached hydrogen (secondary N) is 1. The van der Waals surface area contributed by atoms with Crippen molar-refractivity contribution >= 4 is 28.3 Å². The molecule has 1 unspecified atom stereocenters. The Morgan fingerprint density at radius 3 is 3.31 bits per heavy atom. The number of nitrogens with zero attached hydrogens (tertiary/aromatic N) is 2. The number of aliphatic imine (C=N–C) groups is 1. The number of thioether (sulfide) groups is 1. The Balaban J connectivity index is 1.78. The van der Waals surface area contributed by atoms with Crippen LogP contribution < -0.4 is 5.32 Å². The molecule has 1 aliphatic heterocycles. The van der Waals surface area contributed by atoms with Crippen LogP contribution in [-0.4, -0.2) is 28.5 Å². The first-order chi connectivity index (χ1) is 7.88. The van der Waals surface area contributed by atoms with Crippen LogP contribution in [0.3, 0.4) is 0 Å². The van der Waals surface area contributed by atoms with Crippen LogP contribution in [0.2, 0.25) is 0 Å². The van der Waals surface area contributed by atoms with Crippen molar-refractivity contribution in [2.24, 2.45) is 4.99 Å². The van der Waals surface area contributed by atoms with Crippen LogP contribution in [0.5, 0.6) is 0 Å². The number of hydrogen-bond acceptors (Lipinski definition) is 4. The highest BCUT2D eigenvalue weighted by atomic mass is 32.2. The summed E-state index contributed by atoms with van der Waals surface area (Å²) in [6, 6.07) is 0.624. The molecule has 5 heteroatoms. The number of thiazole rings is 1. The summed E-state index contributed by atoms with van der Waals surface area (Å²) in [5.41, 5.74) is 3.03. The highest BCUT2D eigenvalue weighted by molar-refractivity contribution is 8.13. The van der Waals surface area contributed by atoms with Gasteiger partial charge < -0.3 is 5.32 Å². The van der Waals surface area contributed by atoms with Crippen LogP contribution in [0.1, 0.15) is 25.5 Å². The summed E-state index contributed by atoms with van der Waals surface area (Å²) in [6.07, 6.45) is 3.39. The molecule has 1 fully saturated rings. The second-order valence-electron chi connectivity index (χ2n) is 3.80. The molecule has 2 rings (SSSR count). The molecule has 1 aromatic heterocycles. The molecule has 0 aliphatic carbocycles. The van der Waals surface area contributed by atoms with Crippen molar-refractivity contribution in [2.75, 3.05) is 12.3 Å². The smallest absolute Gasteiger partial charge is 0.156 e. The Morgan fingerprint density at radius 1 is 1.62 bits per heavy atom. The third kappa shape index (κ3) is 3.49. The minimum absolute atomic E-state index is 0.624. The Kier molecular flexibility index (Phi) is 4.66. The van der Waals surface area contributed by atoms with Gasteiger partial charge in [0.1, 0.15) is 0 Å². The summed E-state index contributed by atoms with van der Waals surface area (Å²) in [4.78, 5) is 8.84. The highest BCUT2D eigenvalue weighted by Crippen LogP contribution is 2.15. The Hall–Kier alpha value is -0.550. The first-order valence-electron chi connectivity index (χ1n) is 5.69. The average molecular weight is 255 g/mol. The van der Waals surface area contributed by atoms with E-state index in [0.29, 0.717) is 6.04 Å². The topological polar surface area (TPSA) is 37.3 Å². The van der Waals surface area contributed by atoms with E-state index >= 15 is 0 Å². The van der Waals surface area contributed by atoms with Crippen LogP contribution in [0.25, 0.3) is 0 Å². The molecule has 2 heterocycles. The zero-order valence-corrected chi connectivity index (χ0v) is 11.1. The second kappa shape index (κ2) is 6.25. The van der Waals surface area contributed by atoms with E-state index in [-0.39, 0.29) is 0 Å². The third-order valence-electron chi connectivity index (χ3n) is 2.63. The van der Waals surface area contributed by atoms with Gasteiger partial charge in [0.15, 0.2) is 5.17 Å². The number of rotatable bonds is 4. The first-order valence-corrected chi connectivity index (χ1v) is 7.62. The van der Waals surface area contributed by atoms with Crippen LogP contribution >= 0.6 is 23.1 Å². The lowest BCUT2D eigenvalue weighted by Crippen LogP contribution is -2.37. The molecule has 1 aromatic rings. The molecule has 0 amide bonds. The van der Waals surface area contributed by atoms with Gasteiger partial charge in [-0.15, -0.1) is 11.3 Å². The molecule has 0 radical (unpaired) electrons. The number of aromatic nitrogens is 1. The normalized spacial score (nSPS) is 23.3. The third-order valence-corrected chi connectivity index (χ3v) is 4.23. The van der Waals surface area contributed by atoms with E-state index in [9.17, 15) is 0 Å². The minimum Gasteiger partial charge on any atom is -0.362 e. The number of hydrogen-bond donors (Lipinski definition) is 1. The monoisotopic (exact) mass is 255 g/mol. The minimum atomic E-state index is 0.624.